The van der Waals surface area contributed by atoms with E-state index in [0.29, 0.717) is 5.92 Å². The Bertz CT molecular complexity index is 2550. The average molecular weight is 698 g/mol. The van der Waals surface area contributed by atoms with Crippen molar-refractivity contribution in [3.05, 3.63) is 186 Å². The molecule has 0 amide bonds. The molecule has 0 bridgehead atoms. The van der Waals surface area contributed by atoms with E-state index in [-0.39, 0.29) is 10.8 Å². The number of hydrogen-bond donors (Lipinski definition) is 0. The predicted octanol–water partition coefficient (Wildman–Crippen LogP) is 14.8. The minimum atomic E-state index is -0.142. The Morgan fingerprint density at radius 2 is 1.04 bits per heavy atom. The van der Waals surface area contributed by atoms with Gasteiger partial charge >= 0.3 is 0 Å². The Balaban J connectivity index is 1.08. The lowest BCUT2D eigenvalue weighted by molar-refractivity contribution is 0.659. The van der Waals surface area contributed by atoms with E-state index in [2.05, 4.69) is 190 Å². The molecule has 10 rings (SSSR count). The molecular weight excluding hydrogens is 651 g/mol. The van der Waals surface area contributed by atoms with Crippen molar-refractivity contribution < 1.29 is 0 Å². The van der Waals surface area contributed by atoms with Gasteiger partial charge in [0.1, 0.15) is 0 Å². The molecule has 0 radical (unpaired) electrons. The minimum absolute atomic E-state index is 0.0653. The van der Waals surface area contributed by atoms with Crippen LogP contribution >= 0.6 is 0 Å². The second-order valence-corrected chi connectivity index (χ2v) is 16.8. The summed E-state index contributed by atoms with van der Waals surface area (Å²) < 4.78 is 0. The summed E-state index contributed by atoms with van der Waals surface area (Å²) in [6.45, 7) is 9.58. The first-order valence-corrected chi connectivity index (χ1v) is 19.9. The van der Waals surface area contributed by atoms with Crippen molar-refractivity contribution in [2.75, 3.05) is 4.90 Å². The van der Waals surface area contributed by atoms with Crippen molar-refractivity contribution >= 4 is 17.1 Å². The van der Waals surface area contributed by atoms with Crippen LogP contribution in [-0.2, 0) is 10.8 Å². The average Bonchev–Trinajstić information content (AvgIpc) is 3.89. The topological polar surface area (TPSA) is 3.24 Å². The van der Waals surface area contributed by atoms with Crippen LogP contribution in [0.4, 0.5) is 17.1 Å². The van der Waals surface area contributed by atoms with Crippen molar-refractivity contribution in [2.45, 2.75) is 70.1 Å². The maximum absolute atomic E-state index is 2.47. The van der Waals surface area contributed by atoms with E-state index in [1.807, 2.05) is 0 Å². The molecule has 0 spiro atoms. The smallest absolute Gasteiger partial charge is 0.0467 e. The number of anilines is 3. The van der Waals surface area contributed by atoms with Gasteiger partial charge in [-0.05, 0) is 134 Å². The molecule has 0 atom stereocenters. The summed E-state index contributed by atoms with van der Waals surface area (Å²) >= 11 is 0. The molecule has 7 aromatic rings. The number of hydrogen-bond acceptors (Lipinski definition) is 1. The van der Waals surface area contributed by atoms with Gasteiger partial charge in [-0.1, -0.05) is 156 Å². The SMILES string of the molecule is CC1(C)c2ccc(-c3cccc4c3C(C)(C)c3ccccc3-4)cc2-c2ccc(N(c3ccc(C4CCCC4)cc3)c3cccc(-c4ccccc4)c3)cc21. The van der Waals surface area contributed by atoms with Crippen LogP contribution in [0.15, 0.2) is 158 Å². The summed E-state index contributed by atoms with van der Waals surface area (Å²) in [7, 11) is 0. The number of benzene rings is 7. The van der Waals surface area contributed by atoms with Gasteiger partial charge in [0.25, 0.3) is 0 Å². The predicted molar refractivity (Wildman–Crippen MR) is 228 cm³/mol. The van der Waals surface area contributed by atoms with E-state index in [1.54, 1.807) is 0 Å². The molecule has 1 nitrogen and oxygen atoms in total. The van der Waals surface area contributed by atoms with E-state index in [4.69, 9.17) is 0 Å². The fraction of sp³-hybridized carbons (Fsp3) is 0.208. The summed E-state index contributed by atoms with van der Waals surface area (Å²) in [5.41, 5.74) is 21.0. The summed E-state index contributed by atoms with van der Waals surface area (Å²) in [4.78, 5) is 2.46. The molecule has 7 aromatic carbocycles. The van der Waals surface area contributed by atoms with Crippen LogP contribution < -0.4 is 4.90 Å². The highest BCUT2D eigenvalue weighted by atomic mass is 15.1. The molecule has 0 aromatic heterocycles. The van der Waals surface area contributed by atoms with Crippen molar-refractivity contribution in [3.63, 3.8) is 0 Å². The summed E-state index contributed by atoms with van der Waals surface area (Å²) in [5, 5.41) is 0. The summed E-state index contributed by atoms with van der Waals surface area (Å²) in [6, 6.07) is 59.5. The fourth-order valence-electron chi connectivity index (χ4n) is 10.2. The van der Waals surface area contributed by atoms with Crippen LogP contribution in [0.25, 0.3) is 44.5 Å². The molecule has 3 aliphatic carbocycles. The second kappa shape index (κ2) is 12.5. The molecule has 0 saturated heterocycles. The molecule has 0 aliphatic heterocycles. The van der Waals surface area contributed by atoms with E-state index in [0.717, 1.165) is 0 Å². The third-order valence-electron chi connectivity index (χ3n) is 13.0. The summed E-state index contributed by atoms with van der Waals surface area (Å²) in [5.74, 6) is 0.691. The normalized spacial score (nSPS) is 16.1. The zero-order valence-electron chi connectivity index (χ0n) is 31.9. The molecule has 1 saturated carbocycles. The zero-order valence-corrected chi connectivity index (χ0v) is 31.9. The standard InChI is InChI=1S/C53H47N/c1-52(2)49-31-26-39(43-21-13-22-46-44-20-10-11-23-48(44)53(3,4)51(43)46)33-47(49)45-30-29-42(34-50(45)52)54(40-27-24-37(25-28-40)35-16-8-9-17-35)41-19-12-18-38(32-41)36-14-6-5-7-15-36/h5-7,10-15,18-35H,8-9,16-17H2,1-4H3. The van der Waals surface area contributed by atoms with Gasteiger partial charge in [0, 0.05) is 27.9 Å². The Hall–Kier alpha value is -5.66. The third kappa shape index (κ3) is 5.12. The lowest BCUT2D eigenvalue weighted by Crippen LogP contribution is -2.17. The van der Waals surface area contributed by atoms with Gasteiger partial charge in [0.15, 0.2) is 0 Å². The number of fused-ring (bicyclic) bond motifs is 6. The van der Waals surface area contributed by atoms with E-state index < -0.39 is 0 Å². The molecule has 54 heavy (non-hydrogen) atoms. The Morgan fingerprint density at radius 1 is 0.407 bits per heavy atom. The fourth-order valence-corrected chi connectivity index (χ4v) is 10.2. The molecular formula is C53H47N. The largest absolute Gasteiger partial charge is 0.310 e. The monoisotopic (exact) mass is 697 g/mol. The zero-order chi connectivity index (χ0) is 36.6. The van der Waals surface area contributed by atoms with Crippen LogP contribution in [0.2, 0.25) is 0 Å². The van der Waals surface area contributed by atoms with Crippen LogP contribution in [0, 0.1) is 0 Å². The Labute approximate surface area is 321 Å². The van der Waals surface area contributed by atoms with E-state index in [9.17, 15) is 0 Å². The molecule has 0 N–H and O–H groups in total. The quantitative estimate of drug-likeness (QED) is 0.167. The first-order chi connectivity index (χ1) is 26.3. The van der Waals surface area contributed by atoms with Crippen molar-refractivity contribution in [2.24, 2.45) is 0 Å². The Morgan fingerprint density at radius 3 is 1.85 bits per heavy atom. The van der Waals surface area contributed by atoms with Crippen LogP contribution in [0.1, 0.15) is 87.1 Å². The first kappa shape index (κ1) is 32.9. The van der Waals surface area contributed by atoms with E-state index >= 15 is 0 Å². The first-order valence-electron chi connectivity index (χ1n) is 19.9. The van der Waals surface area contributed by atoms with Crippen molar-refractivity contribution in [1.29, 1.82) is 0 Å². The van der Waals surface area contributed by atoms with Gasteiger partial charge in [-0.2, -0.15) is 0 Å². The van der Waals surface area contributed by atoms with E-state index in [1.165, 1.54) is 115 Å². The van der Waals surface area contributed by atoms with Crippen LogP contribution in [-0.4, -0.2) is 0 Å². The molecule has 1 heteroatoms. The summed E-state index contributed by atoms with van der Waals surface area (Å²) in [6.07, 6.45) is 5.31. The van der Waals surface area contributed by atoms with Crippen LogP contribution in [0.3, 0.4) is 0 Å². The van der Waals surface area contributed by atoms with Gasteiger partial charge in [-0.15, -0.1) is 0 Å². The van der Waals surface area contributed by atoms with Crippen molar-refractivity contribution in [3.8, 4) is 44.5 Å². The van der Waals surface area contributed by atoms with Gasteiger partial charge in [-0.3, -0.25) is 0 Å². The molecule has 0 heterocycles. The highest BCUT2D eigenvalue weighted by Crippen LogP contribution is 2.55. The minimum Gasteiger partial charge on any atom is -0.310 e. The molecule has 3 aliphatic rings. The van der Waals surface area contributed by atoms with Gasteiger partial charge in [0.05, 0.1) is 0 Å². The molecule has 264 valence electrons. The number of rotatable bonds is 6. The van der Waals surface area contributed by atoms with Gasteiger partial charge in [-0.25, -0.2) is 0 Å². The molecule has 0 unspecified atom stereocenters. The lowest BCUT2D eigenvalue weighted by atomic mass is 9.78. The maximum Gasteiger partial charge on any atom is 0.0467 e. The highest BCUT2D eigenvalue weighted by molar-refractivity contribution is 5.92. The van der Waals surface area contributed by atoms with Gasteiger partial charge in [0.2, 0.25) is 0 Å². The third-order valence-corrected chi connectivity index (χ3v) is 13.0. The van der Waals surface area contributed by atoms with Gasteiger partial charge < -0.3 is 4.90 Å². The molecule has 1 fully saturated rings. The highest BCUT2D eigenvalue weighted by Gasteiger charge is 2.39. The van der Waals surface area contributed by atoms with Crippen LogP contribution in [0.5, 0.6) is 0 Å². The lowest BCUT2D eigenvalue weighted by Gasteiger charge is -2.29. The maximum atomic E-state index is 2.47. The second-order valence-electron chi connectivity index (χ2n) is 16.8. The Kier molecular flexibility index (Phi) is 7.60. The number of nitrogens with zero attached hydrogens (tertiary/aromatic N) is 1. The van der Waals surface area contributed by atoms with Crippen molar-refractivity contribution in [1.82, 2.24) is 0 Å².